The van der Waals surface area contributed by atoms with Crippen molar-refractivity contribution in [2.75, 3.05) is 12.4 Å². The number of carbonyl (C=O) groups excluding carboxylic acids is 2. The number of aryl methyl sites for hydroxylation is 2. The summed E-state index contributed by atoms with van der Waals surface area (Å²) in [5.41, 5.74) is 5.32. The van der Waals surface area contributed by atoms with E-state index < -0.39 is 0 Å². The number of esters is 1. The maximum Gasteiger partial charge on any atom is 0.305 e. The Hall–Kier alpha value is -3.48. The van der Waals surface area contributed by atoms with Gasteiger partial charge in [0.1, 0.15) is 5.82 Å². The number of carbonyl (C=O) groups is 2. The molecule has 0 saturated carbocycles. The summed E-state index contributed by atoms with van der Waals surface area (Å²) in [6, 6.07) is 11.3. The van der Waals surface area contributed by atoms with Crippen LogP contribution in [0.15, 0.2) is 42.5 Å². The van der Waals surface area contributed by atoms with Crippen LogP contribution in [0, 0.1) is 26.6 Å². The van der Waals surface area contributed by atoms with E-state index in [1.807, 2.05) is 26.0 Å². The van der Waals surface area contributed by atoms with E-state index in [1.54, 1.807) is 29.8 Å². The zero-order chi connectivity index (χ0) is 21.8. The van der Waals surface area contributed by atoms with Gasteiger partial charge in [0.15, 0.2) is 0 Å². The molecule has 0 aliphatic heterocycles. The number of amides is 1. The topological polar surface area (TPSA) is 73.2 Å². The van der Waals surface area contributed by atoms with E-state index in [0.29, 0.717) is 29.7 Å². The molecule has 7 heteroatoms. The molecule has 1 heterocycles. The molecule has 0 aliphatic carbocycles. The van der Waals surface area contributed by atoms with Gasteiger partial charge < -0.3 is 10.1 Å². The molecule has 0 radical (unpaired) electrons. The highest BCUT2D eigenvalue weighted by Crippen LogP contribution is 2.21. The Morgan fingerprint density at radius 3 is 2.43 bits per heavy atom. The Morgan fingerprint density at radius 2 is 1.80 bits per heavy atom. The Labute approximate surface area is 174 Å². The summed E-state index contributed by atoms with van der Waals surface area (Å²) in [6.07, 6.45) is 0.855. The number of methoxy groups -OCH3 is 1. The first-order chi connectivity index (χ1) is 14.3. The second-order valence-corrected chi connectivity index (χ2v) is 7.10. The van der Waals surface area contributed by atoms with E-state index in [1.165, 1.54) is 19.2 Å². The molecule has 30 heavy (non-hydrogen) atoms. The van der Waals surface area contributed by atoms with Crippen molar-refractivity contribution >= 4 is 17.6 Å². The maximum atomic E-state index is 13.2. The standard InChI is InChI=1S/C23H24FN3O3/c1-14-13-18(24)7-11-21(14)25-23(29)17-5-8-19(9-6-17)27-16(3)20(15(2)26-27)10-12-22(28)30-4/h5-9,11,13H,10,12H2,1-4H3,(H,25,29). The van der Waals surface area contributed by atoms with Crippen LogP contribution in [0.1, 0.15) is 39.3 Å². The molecule has 3 aromatic rings. The SMILES string of the molecule is COC(=O)CCc1c(C)nn(-c2ccc(C(=O)Nc3ccc(F)cc3C)cc2)c1C. The summed E-state index contributed by atoms with van der Waals surface area (Å²) in [5, 5.41) is 7.37. The molecule has 0 spiro atoms. The Balaban J connectivity index is 1.77. The smallest absolute Gasteiger partial charge is 0.305 e. The minimum Gasteiger partial charge on any atom is -0.469 e. The van der Waals surface area contributed by atoms with E-state index in [2.05, 4.69) is 10.4 Å². The second-order valence-electron chi connectivity index (χ2n) is 7.10. The molecule has 0 fully saturated rings. The fourth-order valence-corrected chi connectivity index (χ4v) is 3.33. The number of anilines is 1. The lowest BCUT2D eigenvalue weighted by atomic mass is 10.1. The summed E-state index contributed by atoms with van der Waals surface area (Å²) in [4.78, 5) is 24.0. The van der Waals surface area contributed by atoms with Crippen molar-refractivity contribution in [3.8, 4) is 5.69 Å². The molecule has 1 amide bonds. The Kier molecular flexibility index (Phi) is 6.30. The lowest BCUT2D eigenvalue weighted by Crippen LogP contribution is -2.13. The van der Waals surface area contributed by atoms with Crippen LogP contribution in [-0.4, -0.2) is 28.8 Å². The molecule has 6 nitrogen and oxygen atoms in total. The molecular formula is C23H24FN3O3. The zero-order valence-electron chi connectivity index (χ0n) is 17.5. The van der Waals surface area contributed by atoms with Gasteiger partial charge in [-0.1, -0.05) is 0 Å². The Morgan fingerprint density at radius 1 is 1.10 bits per heavy atom. The van der Waals surface area contributed by atoms with Crippen molar-refractivity contribution in [2.24, 2.45) is 0 Å². The van der Waals surface area contributed by atoms with Gasteiger partial charge in [0.25, 0.3) is 5.91 Å². The van der Waals surface area contributed by atoms with E-state index in [0.717, 1.165) is 22.6 Å². The molecule has 3 rings (SSSR count). The molecule has 2 aromatic carbocycles. The van der Waals surface area contributed by atoms with E-state index >= 15 is 0 Å². The van der Waals surface area contributed by atoms with Crippen LogP contribution < -0.4 is 5.32 Å². The average molecular weight is 409 g/mol. The van der Waals surface area contributed by atoms with Gasteiger partial charge in [-0.3, -0.25) is 9.59 Å². The minimum absolute atomic E-state index is 0.256. The Bertz CT molecular complexity index is 1090. The van der Waals surface area contributed by atoms with Gasteiger partial charge in [-0.25, -0.2) is 9.07 Å². The van der Waals surface area contributed by atoms with Gasteiger partial charge in [-0.05, 0) is 80.8 Å². The highest BCUT2D eigenvalue weighted by atomic mass is 19.1. The van der Waals surface area contributed by atoms with Crippen LogP contribution in [0.5, 0.6) is 0 Å². The second kappa shape index (κ2) is 8.90. The lowest BCUT2D eigenvalue weighted by molar-refractivity contribution is -0.140. The molecule has 0 unspecified atom stereocenters. The summed E-state index contributed by atoms with van der Waals surface area (Å²) < 4.78 is 19.7. The first-order valence-electron chi connectivity index (χ1n) is 9.60. The molecule has 1 aromatic heterocycles. The van der Waals surface area contributed by atoms with Crippen molar-refractivity contribution in [1.29, 1.82) is 0 Å². The van der Waals surface area contributed by atoms with E-state index in [-0.39, 0.29) is 17.7 Å². The molecule has 0 bridgehead atoms. The van der Waals surface area contributed by atoms with Crippen molar-refractivity contribution in [3.63, 3.8) is 0 Å². The van der Waals surface area contributed by atoms with Gasteiger partial charge in [0.2, 0.25) is 0 Å². The number of nitrogens with zero attached hydrogens (tertiary/aromatic N) is 2. The van der Waals surface area contributed by atoms with Gasteiger partial charge in [0, 0.05) is 23.4 Å². The summed E-state index contributed by atoms with van der Waals surface area (Å²) in [7, 11) is 1.38. The van der Waals surface area contributed by atoms with Crippen molar-refractivity contribution in [2.45, 2.75) is 33.6 Å². The third-order valence-corrected chi connectivity index (χ3v) is 5.06. The molecule has 0 atom stereocenters. The number of ether oxygens (including phenoxy) is 1. The van der Waals surface area contributed by atoms with Crippen LogP contribution in [0.3, 0.4) is 0 Å². The van der Waals surface area contributed by atoms with E-state index in [9.17, 15) is 14.0 Å². The summed E-state index contributed by atoms with van der Waals surface area (Å²) in [5.74, 6) is -0.873. The molecule has 156 valence electrons. The summed E-state index contributed by atoms with van der Waals surface area (Å²) >= 11 is 0. The van der Waals surface area contributed by atoms with Crippen LogP contribution in [0.25, 0.3) is 5.69 Å². The number of hydrogen-bond acceptors (Lipinski definition) is 4. The third kappa shape index (κ3) is 4.56. The highest BCUT2D eigenvalue weighted by molar-refractivity contribution is 6.04. The van der Waals surface area contributed by atoms with E-state index in [4.69, 9.17) is 4.74 Å². The number of nitrogens with one attached hydrogen (secondary N) is 1. The zero-order valence-corrected chi connectivity index (χ0v) is 17.5. The fraction of sp³-hybridized carbons (Fsp3) is 0.261. The molecule has 0 saturated heterocycles. The molecule has 1 N–H and O–H groups in total. The number of aromatic nitrogens is 2. The molecular weight excluding hydrogens is 385 g/mol. The predicted molar refractivity (Wildman–Crippen MR) is 112 cm³/mol. The van der Waals surface area contributed by atoms with Crippen LogP contribution in [0.4, 0.5) is 10.1 Å². The molecule has 0 aliphatic rings. The van der Waals surface area contributed by atoms with Crippen LogP contribution in [0.2, 0.25) is 0 Å². The van der Waals surface area contributed by atoms with Crippen molar-refractivity contribution < 1.29 is 18.7 Å². The third-order valence-electron chi connectivity index (χ3n) is 5.06. The quantitative estimate of drug-likeness (QED) is 0.616. The van der Waals surface area contributed by atoms with Gasteiger partial charge in [0.05, 0.1) is 18.5 Å². The van der Waals surface area contributed by atoms with Crippen molar-refractivity contribution in [1.82, 2.24) is 9.78 Å². The van der Waals surface area contributed by atoms with Crippen LogP contribution >= 0.6 is 0 Å². The van der Waals surface area contributed by atoms with Gasteiger partial charge >= 0.3 is 5.97 Å². The summed E-state index contributed by atoms with van der Waals surface area (Å²) in [6.45, 7) is 5.59. The van der Waals surface area contributed by atoms with Gasteiger partial charge in [-0.2, -0.15) is 5.10 Å². The number of benzene rings is 2. The first kappa shape index (κ1) is 21.2. The highest BCUT2D eigenvalue weighted by Gasteiger charge is 2.15. The monoisotopic (exact) mass is 409 g/mol. The fourth-order valence-electron chi connectivity index (χ4n) is 3.33. The number of halogens is 1. The minimum atomic E-state index is -0.342. The number of rotatable bonds is 6. The number of hydrogen-bond donors (Lipinski definition) is 1. The normalized spacial score (nSPS) is 10.7. The predicted octanol–water partition coefficient (Wildman–Crippen LogP) is 4.29. The van der Waals surface area contributed by atoms with Crippen molar-refractivity contribution in [3.05, 3.63) is 76.4 Å². The van der Waals surface area contributed by atoms with Gasteiger partial charge in [-0.15, -0.1) is 0 Å². The van der Waals surface area contributed by atoms with Crippen LogP contribution in [-0.2, 0) is 16.0 Å². The first-order valence-corrected chi connectivity index (χ1v) is 9.60. The maximum absolute atomic E-state index is 13.2. The largest absolute Gasteiger partial charge is 0.469 e. The lowest BCUT2D eigenvalue weighted by Gasteiger charge is -2.10. The average Bonchev–Trinajstić information content (AvgIpc) is 3.01.